The van der Waals surface area contributed by atoms with Crippen LogP contribution in [0.25, 0.3) is 11.1 Å². The number of aryl methyl sites for hydroxylation is 1. The van der Waals surface area contributed by atoms with Crippen LogP contribution in [0.15, 0.2) is 30.3 Å². The molecule has 0 aliphatic heterocycles. The lowest BCUT2D eigenvalue weighted by atomic mass is 9.84. The molecule has 2 rings (SSSR count). The van der Waals surface area contributed by atoms with E-state index in [2.05, 4.69) is 52.0 Å². The lowest BCUT2D eigenvalue weighted by Crippen LogP contribution is -2.09. The van der Waals surface area contributed by atoms with Crippen LogP contribution in [0, 0.1) is 0 Å². The van der Waals surface area contributed by atoms with Gasteiger partial charge in [-0.2, -0.15) is 0 Å². The van der Waals surface area contributed by atoms with Crippen LogP contribution in [0.4, 0.5) is 4.79 Å². The van der Waals surface area contributed by atoms with E-state index < -0.39 is 6.16 Å². The van der Waals surface area contributed by atoms with Gasteiger partial charge in [0, 0.05) is 0 Å². The fourth-order valence-electron chi connectivity index (χ4n) is 4.91. The Bertz CT molecular complexity index is 884. The number of carboxylic acid groups (broad SMARTS) is 1. The average Bonchev–Trinajstić information content (AvgIpc) is 2.83. The molecule has 0 radical (unpaired) electrons. The van der Waals surface area contributed by atoms with Crippen molar-refractivity contribution in [1.29, 1.82) is 0 Å². The van der Waals surface area contributed by atoms with Crippen LogP contribution < -0.4 is 4.74 Å². The summed E-state index contributed by atoms with van der Waals surface area (Å²) in [5.74, 6) is 0.524. The monoisotopic (exact) mass is 466 g/mol. The van der Waals surface area contributed by atoms with Gasteiger partial charge in [-0.1, -0.05) is 90.5 Å². The summed E-state index contributed by atoms with van der Waals surface area (Å²) < 4.78 is 5.30. The quantitative estimate of drug-likeness (QED) is 0.152. The molecule has 2 aromatic carbocycles. The third-order valence-electron chi connectivity index (χ3n) is 6.79. The molecule has 0 amide bonds. The number of ether oxygens (including phenoxy) is 1. The number of rotatable bonds is 16. The van der Waals surface area contributed by atoms with Gasteiger partial charge in [0.2, 0.25) is 0 Å². The second kappa shape index (κ2) is 15.6. The summed E-state index contributed by atoms with van der Waals surface area (Å²) in [6.45, 7) is 8.95. The second-order valence-corrected chi connectivity index (χ2v) is 9.50. The van der Waals surface area contributed by atoms with E-state index >= 15 is 0 Å². The smallest absolute Gasteiger partial charge is 0.449 e. The van der Waals surface area contributed by atoms with E-state index in [0.29, 0.717) is 5.75 Å². The van der Waals surface area contributed by atoms with Gasteiger partial charge in [-0.15, -0.1) is 0 Å². The van der Waals surface area contributed by atoms with Crippen molar-refractivity contribution in [1.82, 2.24) is 0 Å². The molecule has 3 heteroatoms. The van der Waals surface area contributed by atoms with Gasteiger partial charge in [0.1, 0.15) is 5.75 Å². The molecule has 0 saturated heterocycles. The van der Waals surface area contributed by atoms with E-state index in [9.17, 15) is 9.90 Å². The Balaban J connectivity index is 2.68. The summed E-state index contributed by atoms with van der Waals surface area (Å²) in [7, 11) is 0. The SMILES string of the molecule is CCCCCc1c(OC(=O)O)ccc(-c2cccc(CCCC)c2CCCC)c1CCCCC. The van der Waals surface area contributed by atoms with Crippen molar-refractivity contribution in [3.63, 3.8) is 0 Å². The van der Waals surface area contributed by atoms with Crippen molar-refractivity contribution in [2.75, 3.05) is 0 Å². The normalized spacial score (nSPS) is 11.1. The van der Waals surface area contributed by atoms with E-state index in [1.54, 1.807) is 0 Å². The molecule has 3 nitrogen and oxygen atoms in total. The average molecular weight is 467 g/mol. The predicted octanol–water partition coefficient (Wildman–Crippen LogP) is 9.56. The highest BCUT2D eigenvalue weighted by atomic mass is 16.7. The maximum atomic E-state index is 11.5. The van der Waals surface area contributed by atoms with Crippen molar-refractivity contribution in [3.05, 3.63) is 52.6 Å². The molecule has 0 bridgehead atoms. The second-order valence-electron chi connectivity index (χ2n) is 9.50. The topological polar surface area (TPSA) is 46.5 Å². The van der Waals surface area contributed by atoms with Crippen molar-refractivity contribution >= 4 is 6.16 Å². The Morgan fingerprint density at radius 2 is 1.21 bits per heavy atom. The molecule has 0 saturated carbocycles. The van der Waals surface area contributed by atoms with E-state index in [1.807, 2.05) is 6.07 Å². The zero-order valence-electron chi connectivity index (χ0n) is 22.0. The molecule has 0 heterocycles. The molecule has 2 aromatic rings. The van der Waals surface area contributed by atoms with E-state index in [4.69, 9.17) is 4.74 Å². The Morgan fingerprint density at radius 3 is 1.82 bits per heavy atom. The van der Waals surface area contributed by atoms with Gasteiger partial charge in [-0.25, -0.2) is 4.79 Å². The molecule has 188 valence electrons. The number of carbonyl (C=O) groups is 1. The minimum absolute atomic E-state index is 0.524. The molecule has 0 spiro atoms. The van der Waals surface area contributed by atoms with Crippen LogP contribution in [-0.2, 0) is 25.7 Å². The number of benzene rings is 2. The van der Waals surface area contributed by atoms with Gasteiger partial charge in [0.05, 0.1) is 0 Å². The van der Waals surface area contributed by atoms with Crippen molar-refractivity contribution < 1.29 is 14.6 Å². The fourth-order valence-corrected chi connectivity index (χ4v) is 4.91. The predicted molar refractivity (Wildman–Crippen MR) is 144 cm³/mol. The van der Waals surface area contributed by atoms with Crippen LogP contribution in [0.1, 0.15) is 114 Å². The van der Waals surface area contributed by atoms with Gasteiger partial charge in [-0.3, -0.25) is 0 Å². The standard InChI is InChI=1S/C31H46O3/c1-5-9-13-19-27-28(22-23-30(34-31(32)33)29(27)20-14-10-6-2)26-21-15-17-24(16-11-7-3)25(26)18-12-8-4/h15,17,21-23H,5-14,16,18-20H2,1-4H3,(H,32,33). The summed E-state index contributed by atoms with van der Waals surface area (Å²) in [6, 6.07) is 10.8. The highest BCUT2D eigenvalue weighted by Gasteiger charge is 2.20. The van der Waals surface area contributed by atoms with Gasteiger partial charge in [0.15, 0.2) is 0 Å². The lowest BCUT2D eigenvalue weighted by molar-refractivity contribution is 0.144. The van der Waals surface area contributed by atoms with E-state index in [-0.39, 0.29) is 0 Å². The Morgan fingerprint density at radius 1 is 0.647 bits per heavy atom. The Labute approximate surface area is 207 Å². The lowest BCUT2D eigenvalue weighted by Gasteiger charge is -2.22. The number of unbranched alkanes of at least 4 members (excludes halogenated alkanes) is 6. The molecule has 0 atom stereocenters. The van der Waals surface area contributed by atoms with Crippen LogP contribution in [-0.4, -0.2) is 11.3 Å². The maximum absolute atomic E-state index is 11.5. The largest absolute Gasteiger partial charge is 0.511 e. The summed E-state index contributed by atoms with van der Waals surface area (Å²) >= 11 is 0. The van der Waals surface area contributed by atoms with Gasteiger partial charge in [0.25, 0.3) is 0 Å². The summed E-state index contributed by atoms with van der Waals surface area (Å²) in [5.41, 5.74) is 7.99. The third kappa shape index (κ3) is 8.18. The van der Waals surface area contributed by atoms with E-state index in [1.165, 1.54) is 66.3 Å². The molecule has 0 aromatic heterocycles. The molecule has 0 aliphatic carbocycles. The van der Waals surface area contributed by atoms with Crippen molar-refractivity contribution in [2.45, 2.75) is 118 Å². The summed E-state index contributed by atoms with van der Waals surface area (Å²) in [5, 5.41) is 9.39. The highest BCUT2D eigenvalue weighted by molar-refractivity contribution is 5.75. The first-order valence-corrected chi connectivity index (χ1v) is 13.7. The maximum Gasteiger partial charge on any atom is 0.511 e. The molecular formula is C31H46O3. The Hall–Kier alpha value is -2.29. The van der Waals surface area contributed by atoms with Gasteiger partial charge in [-0.05, 0) is 90.8 Å². The zero-order chi connectivity index (χ0) is 24.8. The first-order chi connectivity index (χ1) is 16.6. The van der Waals surface area contributed by atoms with Gasteiger partial charge >= 0.3 is 6.16 Å². The molecule has 1 N–H and O–H groups in total. The Kier molecular flexibility index (Phi) is 12.8. The molecule has 0 fully saturated rings. The van der Waals surface area contributed by atoms with Crippen LogP contribution in [0.5, 0.6) is 5.75 Å². The molecule has 0 aliphatic rings. The highest BCUT2D eigenvalue weighted by Crippen LogP contribution is 2.38. The molecule has 34 heavy (non-hydrogen) atoms. The molecular weight excluding hydrogens is 420 g/mol. The minimum atomic E-state index is -1.23. The summed E-state index contributed by atoms with van der Waals surface area (Å²) in [6.07, 6.45) is 14.4. The van der Waals surface area contributed by atoms with Crippen molar-refractivity contribution in [2.24, 2.45) is 0 Å². The number of hydrogen-bond donors (Lipinski definition) is 1. The minimum Gasteiger partial charge on any atom is -0.449 e. The van der Waals surface area contributed by atoms with E-state index in [0.717, 1.165) is 56.9 Å². The third-order valence-corrected chi connectivity index (χ3v) is 6.79. The van der Waals surface area contributed by atoms with Crippen LogP contribution in [0.3, 0.4) is 0 Å². The van der Waals surface area contributed by atoms with Crippen LogP contribution in [0.2, 0.25) is 0 Å². The first kappa shape index (κ1) is 28.0. The zero-order valence-corrected chi connectivity index (χ0v) is 22.0. The van der Waals surface area contributed by atoms with Gasteiger partial charge < -0.3 is 9.84 Å². The fraction of sp³-hybridized carbons (Fsp3) is 0.581. The van der Waals surface area contributed by atoms with Crippen molar-refractivity contribution in [3.8, 4) is 16.9 Å². The summed E-state index contributed by atoms with van der Waals surface area (Å²) in [4.78, 5) is 11.5. The van der Waals surface area contributed by atoms with Crippen LogP contribution >= 0.6 is 0 Å². The number of hydrogen-bond acceptors (Lipinski definition) is 2. The molecule has 0 unspecified atom stereocenters. The first-order valence-electron chi connectivity index (χ1n) is 13.7.